The molecule has 1 aromatic carbocycles. The Hall–Kier alpha value is -1.79. The van der Waals surface area contributed by atoms with Gasteiger partial charge in [0.25, 0.3) is 0 Å². The highest BCUT2D eigenvalue weighted by molar-refractivity contribution is 5.71. The number of alkyl halides is 3. The van der Waals surface area contributed by atoms with E-state index in [1.807, 2.05) is 0 Å². The summed E-state index contributed by atoms with van der Waals surface area (Å²) >= 11 is 0. The van der Waals surface area contributed by atoms with Crippen molar-refractivity contribution in [1.29, 1.82) is 0 Å². The van der Waals surface area contributed by atoms with Crippen molar-refractivity contribution in [1.82, 2.24) is 0 Å². The lowest BCUT2D eigenvalue weighted by atomic mass is 10.3. The van der Waals surface area contributed by atoms with E-state index in [2.05, 4.69) is 10.1 Å². The van der Waals surface area contributed by atoms with Gasteiger partial charge in [-0.05, 0) is 12.1 Å². The quantitative estimate of drug-likeness (QED) is 0.644. The van der Waals surface area contributed by atoms with Crippen LogP contribution in [0.1, 0.15) is 0 Å². The minimum Gasteiger partial charge on any atom is -0.481 e. The molecule has 3 nitrogen and oxygen atoms in total. The summed E-state index contributed by atoms with van der Waals surface area (Å²) in [4.78, 5) is 10.0. The molecule has 0 radical (unpaired) electrons. The summed E-state index contributed by atoms with van der Waals surface area (Å²) in [6, 6.07) is 3.09. The van der Waals surface area contributed by atoms with Crippen LogP contribution in [0.3, 0.4) is 0 Å². The molecule has 0 heterocycles. The number of ether oxygens (including phenoxy) is 1. The molecule has 1 rings (SSSR count). The van der Waals surface area contributed by atoms with Crippen LogP contribution >= 0.6 is 0 Å². The first-order valence-corrected chi connectivity index (χ1v) is 4.11. The largest absolute Gasteiger partial charge is 0.481 e. The Labute approximate surface area is 88.0 Å². The number of hydrogen-bond donors (Lipinski definition) is 1. The third kappa shape index (κ3) is 3.76. The maximum absolute atomic E-state index is 13.1. The summed E-state index contributed by atoms with van der Waals surface area (Å²) in [7, 11) is 0. The van der Waals surface area contributed by atoms with Gasteiger partial charge >= 0.3 is 6.18 Å². The van der Waals surface area contributed by atoms with Crippen molar-refractivity contribution in [3.8, 4) is 5.75 Å². The van der Waals surface area contributed by atoms with E-state index in [1.165, 1.54) is 6.07 Å². The summed E-state index contributed by atoms with van der Waals surface area (Å²) in [6.07, 6.45) is -4.20. The second-order valence-corrected chi connectivity index (χ2v) is 2.81. The van der Waals surface area contributed by atoms with Gasteiger partial charge in [0.1, 0.15) is 0 Å². The monoisotopic (exact) mass is 237 g/mol. The number of amides is 1. The zero-order valence-corrected chi connectivity index (χ0v) is 7.84. The predicted octanol–water partition coefficient (Wildman–Crippen LogP) is 2.34. The molecule has 0 aliphatic carbocycles. The molecule has 0 aliphatic heterocycles. The van der Waals surface area contributed by atoms with E-state index in [1.54, 1.807) is 0 Å². The van der Waals surface area contributed by atoms with Gasteiger partial charge in [0.05, 0.1) is 0 Å². The molecule has 88 valence electrons. The first kappa shape index (κ1) is 12.3. The zero-order chi connectivity index (χ0) is 12.2. The van der Waals surface area contributed by atoms with Crippen LogP contribution in [0.2, 0.25) is 0 Å². The third-order valence-electron chi connectivity index (χ3n) is 1.55. The van der Waals surface area contributed by atoms with Crippen molar-refractivity contribution in [2.75, 3.05) is 11.9 Å². The Morgan fingerprint density at radius 3 is 2.56 bits per heavy atom. The molecule has 1 amide bonds. The smallest absolute Gasteiger partial charge is 0.422 e. The number of nitrogens with one attached hydrogen (secondary N) is 1. The third-order valence-corrected chi connectivity index (χ3v) is 1.55. The second-order valence-electron chi connectivity index (χ2n) is 2.81. The van der Waals surface area contributed by atoms with Crippen molar-refractivity contribution in [3.05, 3.63) is 24.0 Å². The molecule has 0 bridgehead atoms. The van der Waals surface area contributed by atoms with E-state index in [0.717, 1.165) is 12.1 Å². The van der Waals surface area contributed by atoms with Gasteiger partial charge in [-0.2, -0.15) is 13.2 Å². The molecule has 0 saturated heterocycles. The number of halogens is 4. The Kier molecular flexibility index (Phi) is 3.70. The molecule has 0 aromatic heterocycles. The van der Waals surface area contributed by atoms with Crippen LogP contribution in [0.25, 0.3) is 0 Å². The van der Waals surface area contributed by atoms with Crippen LogP contribution in [0, 0.1) is 5.82 Å². The highest BCUT2D eigenvalue weighted by Gasteiger charge is 2.28. The van der Waals surface area contributed by atoms with E-state index in [-0.39, 0.29) is 5.69 Å². The average Bonchev–Trinajstić information content (AvgIpc) is 2.15. The van der Waals surface area contributed by atoms with Crippen molar-refractivity contribution in [2.45, 2.75) is 6.18 Å². The van der Waals surface area contributed by atoms with Crippen LogP contribution in [0.4, 0.5) is 23.2 Å². The fourth-order valence-corrected chi connectivity index (χ4v) is 0.935. The number of benzene rings is 1. The van der Waals surface area contributed by atoms with Crippen molar-refractivity contribution < 1.29 is 27.1 Å². The van der Waals surface area contributed by atoms with Gasteiger partial charge < -0.3 is 10.1 Å². The summed E-state index contributed by atoms with van der Waals surface area (Å²) < 4.78 is 52.6. The van der Waals surface area contributed by atoms with Gasteiger partial charge in [0.15, 0.2) is 18.2 Å². The van der Waals surface area contributed by atoms with Crippen LogP contribution in [0.5, 0.6) is 5.75 Å². The normalized spacial score (nSPS) is 11.0. The molecular formula is C9H7F4NO2. The predicted molar refractivity (Wildman–Crippen MR) is 47.6 cm³/mol. The Morgan fingerprint density at radius 1 is 1.38 bits per heavy atom. The summed E-state index contributed by atoms with van der Waals surface area (Å²) in [5.74, 6) is -1.50. The maximum Gasteiger partial charge on any atom is 0.422 e. The average molecular weight is 237 g/mol. The number of anilines is 1. The summed E-state index contributed by atoms with van der Waals surface area (Å²) in [5, 5.41) is 2.15. The lowest BCUT2D eigenvalue weighted by Crippen LogP contribution is -2.19. The molecule has 0 spiro atoms. The SMILES string of the molecule is O=CNc1ccc(OCC(F)(F)F)c(F)c1. The Morgan fingerprint density at radius 2 is 2.06 bits per heavy atom. The molecule has 0 aliphatic rings. The number of carbonyl (C=O) groups is 1. The molecule has 0 atom stereocenters. The van der Waals surface area contributed by atoms with Gasteiger partial charge in [-0.3, -0.25) is 4.79 Å². The molecule has 7 heteroatoms. The lowest BCUT2D eigenvalue weighted by Gasteiger charge is -2.10. The van der Waals surface area contributed by atoms with E-state index >= 15 is 0 Å². The Balaban J connectivity index is 2.71. The molecule has 0 fully saturated rings. The van der Waals surface area contributed by atoms with E-state index in [0.29, 0.717) is 6.41 Å². The summed E-state index contributed by atoms with van der Waals surface area (Å²) in [5.41, 5.74) is 0.131. The standard InChI is InChI=1S/C9H7F4NO2/c10-7-3-6(14-5-15)1-2-8(7)16-4-9(11,12)13/h1-3,5H,4H2,(H,14,15). The lowest BCUT2D eigenvalue weighted by molar-refractivity contribution is -0.153. The highest BCUT2D eigenvalue weighted by Crippen LogP contribution is 2.23. The number of hydrogen-bond acceptors (Lipinski definition) is 2. The topological polar surface area (TPSA) is 38.3 Å². The van der Waals surface area contributed by atoms with Crippen molar-refractivity contribution in [3.63, 3.8) is 0 Å². The number of rotatable bonds is 4. The van der Waals surface area contributed by atoms with Gasteiger partial charge in [-0.25, -0.2) is 4.39 Å². The number of carbonyl (C=O) groups excluding carboxylic acids is 1. The maximum atomic E-state index is 13.1. The van der Waals surface area contributed by atoms with E-state index in [9.17, 15) is 22.4 Å². The van der Waals surface area contributed by atoms with E-state index in [4.69, 9.17) is 0 Å². The molecular weight excluding hydrogens is 230 g/mol. The van der Waals surface area contributed by atoms with E-state index < -0.39 is 24.3 Å². The van der Waals surface area contributed by atoms with Gasteiger partial charge in [-0.1, -0.05) is 0 Å². The molecule has 0 saturated carbocycles. The fourth-order valence-electron chi connectivity index (χ4n) is 0.935. The van der Waals surface area contributed by atoms with Crippen LogP contribution in [-0.2, 0) is 4.79 Å². The van der Waals surface area contributed by atoms with Crippen LogP contribution in [0.15, 0.2) is 18.2 Å². The second kappa shape index (κ2) is 4.82. The van der Waals surface area contributed by atoms with Crippen molar-refractivity contribution >= 4 is 12.1 Å². The van der Waals surface area contributed by atoms with Crippen molar-refractivity contribution in [2.24, 2.45) is 0 Å². The Bertz CT molecular complexity index is 378. The molecule has 16 heavy (non-hydrogen) atoms. The fraction of sp³-hybridized carbons (Fsp3) is 0.222. The first-order valence-electron chi connectivity index (χ1n) is 4.11. The van der Waals surface area contributed by atoms with Crippen LogP contribution < -0.4 is 10.1 Å². The molecule has 1 N–H and O–H groups in total. The zero-order valence-electron chi connectivity index (χ0n) is 7.84. The molecule has 1 aromatic rings. The minimum atomic E-state index is -4.52. The summed E-state index contributed by atoms with van der Waals surface area (Å²) in [6.45, 7) is -1.57. The minimum absolute atomic E-state index is 0.131. The first-order chi connectivity index (χ1) is 7.42. The van der Waals surface area contributed by atoms with Gasteiger partial charge in [0, 0.05) is 11.8 Å². The van der Waals surface area contributed by atoms with Gasteiger partial charge in [0.2, 0.25) is 6.41 Å². The highest BCUT2D eigenvalue weighted by atomic mass is 19.4. The van der Waals surface area contributed by atoms with Gasteiger partial charge in [-0.15, -0.1) is 0 Å². The molecule has 0 unspecified atom stereocenters. The van der Waals surface area contributed by atoms with Crippen LogP contribution in [-0.4, -0.2) is 19.2 Å².